The number of likely N-dealkylation sites (N-methyl/N-ethyl adjacent to an activating group) is 1. The Morgan fingerprint density at radius 2 is 2.08 bits per heavy atom. The number of aliphatic hydroxyl groups excluding tert-OH is 1. The highest BCUT2D eigenvalue weighted by atomic mass is 16.5. The van der Waals surface area contributed by atoms with Gasteiger partial charge in [-0.1, -0.05) is 13.8 Å². The van der Waals surface area contributed by atoms with Crippen LogP contribution in [0.15, 0.2) is 0 Å². The third-order valence-electron chi connectivity index (χ3n) is 1.33. The van der Waals surface area contributed by atoms with E-state index in [4.69, 9.17) is 9.84 Å². The standard InChI is InChI=1S/C7H15NO3.C2H6/c1-8(3-4-11-2)5-7(10)6-9;1-2/h6-7,10H,3-5H2,1-2H3;1-2H3. The largest absolute Gasteiger partial charge is 0.384 e. The van der Waals surface area contributed by atoms with Crippen molar-refractivity contribution in [3.8, 4) is 0 Å². The number of aliphatic hydroxyl groups is 1. The normalized spacial score (nSPS) is 11.8. The number of aldehydes is 1. The number of nitrogens with zero attached hydrogens (tertiary/aromatic N) is 1. The molecule has 0 spiro atoms. The molecule has 0 aliphatic heterocycles. The van der Waals surface area contributed by atoms with E-state index in [1.807, 2.05) is 25.8 Å². The van der Waals surface area contributed by atoms with Crippen molar-refractivity contribution in [1.82, 2.24) is 4.90 Å². The van der Waals surface area contributed by atoms with Crippen molar-refractivity contribution in [3.63, 3.8) is 0 Å². The number of carbonyl (C=O) groups excluding carboxylic acids is 1. The zero-order valence-electron chi connectivity index (χ0n) is 8.99. The SMILES string of the molecule is CC.COCCN(C)CC(O)C=O. The lowest BCUT2D eigenvalue weighted by molar-refractivity contribution is -0.115. The molecule has 0 aromatic rings. The maximum Gasteiger partial charge on any atom is 0.149 e. The van der Waals surface area contributed by atoms with E-state index in [0.717, 1.165) is 6.54 Å². The molecule has 0 fully saturated rings. The van der Waals surface area contributed by atoms with E-state index in [1.165, 1.54) is 0 Å². The van der Waals surface area contributed by atoms with Crippen LogP contribution in [0.4, 0.5) is 0 Å². The van der Waals surface area contributed by atoms with E-state index in [2.05, 4.69) is 0 Å². The van der Waals surface area contributed by atoms with Crippen molar-refractivity contribution < 1.29 is 14.6 Å². The molecule has 0 heterocycles. The molecule has 1 N–H and O–H groups in total. The summed E-state index contributed by atoms with van der Waals surface area (Å²) in [5.41, 5.74) is 0. The van der Waals surface area contributed by atoms with Gasteiger partial charge in [0, 0.05) is 20.2 Å². The first-order chi connectivity index (χ1) is 6.20. The molecule has 80 valence electrons. The van der Waals surface area contributed by atoms with Gasteiger partial charge >= 0.3 is 0 Å². The molecule has 0 aliphatic carbocycles. The highest BCUT2D eigenvalue weighted by molar-refractivity contribution is 5.55. The Morgan fingerprint density at radius 1 is 1.54 bits per heavy atom. The first-order valence-electron chi connectivity index (χ1n) is 4.51. The van der Waals surface area contributed by atoms with Gasteiger partial charge in [-0.3, -0.25) is 0 Å². The Morgan fingerprint density at radius 3 is 2.46 bits per heavy atom. The average Bonchev–Trinajstić information content (AvgIpc) is 2.17. The first kappa shape index (κ1) is 15.0. The number of hydrogen-bond acceptors (Lipinski definition) is 4. The smallest absolute Gasteiger partial charge is 0.149 e. The van der Waals surface area contributed by atoms with Gasteiger partial charge in [0.05, 0.1) is 6.61 Å². The van der Waals surface area contributed by atoms with Gasteiger partial charge in [-0.15, -0.1) is 0 Å². The minimum absolute atomic E-state index is 0.368. The fraction of sp³-hybridized carbons (Fsp3) is 0.889. The van der Waals surface area contributed by atoms with Gasteiger partial charge in [-0.25, -0.2) is 0 Å². The van der Waals surface area contributed by atoms with E-state index >= 15 is 0 Å². The minimum Gasteiger partial charge on any atom is -0.384 e. The lowest BCUT2D eigenvalue weighted by Gasteiger charge is -2.16. The Bertz CT molecular complexity index is 109. The van der Waals surface area contributed by atoms with Crippen LogP contribution in [0.1, 0.15) is 13.8 Å². The summed E-state index contributed by atoms with van der Waals surface area (Å²) in [7, 11) is 3.44. The maximum absolute atomic E-state index is 10.0. The molecule has 0 aliphatic rings. The first-order valence-corrected chi connectivity index (χ1v) is 4.51. The second-order valence-corrected chi connectivity index (χ2v) is 2.46. The summed E-state index contributed by atoms with van der Waals surface area (Å²) >= 11 is 0. The van der Waals surface area contributed by atoms with Crippen LogP contribution in [0.2, 0.25) is 0 Å². The highest BCUT2D eigenvalue weighted by Crippen LogP contribution is 1.85. The summed E-state index contributed by atoms with van der Waals surface area (Å²) in [5, 5.41) is 8.88. The Kier molecular flexibility index (Phi) is 13.4. The summed E-state index contributed by atoms with van der Waals surface area (Å²) in [6.45, 7) is 5.70. The van der Waals surface area contributed by atoms with Gasteiger partial charge in [0.1, 0.15) is 12.4 Å². The predicted octanol–water partition coefficient (Wildman–Crippen LogP) is 0.151. The van der Waals surface area contributed by atoms with E-state index in [-0.39, 0.29) is 0 Å². The molecule has 4 nitrogen and oxygen atoms in total. The average molecular weight is 191 g/mol. The molecule has 4 heteroatoms. The van der Waals surface area contributed by atoms with E-state index in [9.17, 15) is 4.79 Å². The lowest BCUT2D eigenvalue weighted by atomic mass is 10.3. The number of carbonyl (C=O) groups is 1. The van der Waals surface area contributed by atoms with Gasteiger partial charge < -0.3 is 19.5 Å². The molecule has 0 amide bonds. The maximum atomic E-state index is 10.0. The van der Waals surface area contributed by atoms with Crippen LogP contribution in [0.5, 0.6) is 0 Å². The summed E-state index contributed by atoms with van der Waals surface area (Å²) < 4.78 is 4.82. The van der Waals surface area contributed by atoms with E-state index in [1.54, 1.807) is 7.11 Å². The van der Waals surface area contributed by atoms with Crippen molar-refractivity contribution in [2.45, 2.75) is 20.0 Å². The van der Waals surface area contributed by atoms with E-state index in [0.29, 0.717) is 19.4 Å². The van der Waals surface area contributed by atoms with Crippen molar-refractivity contribution >= 4 is 6.29 Å². The fourth-order valence-electron chi connectivity index (χ4n) is 0.701. The quantitative estimate of drug-likeness (QED) is 0.607. The molecule has 0 saturated heterocycles. The molecule has 0 bridgehead atoms. The van der Waals surface area contributed by atoms with Crippen LogP contribution in [0.3, 0.4) is 0 Å². The van der Waals surface area contributed by atoms with Crippen LogP contribution < -0.4 is 0 Å². The molecule has 1 unspecified atom stereocenters. The van der Waals surface area contributed by atoms with Gasteiger partial charge in [-0.05, 0) is 7.05 Å². The summed E-state index contributed by atoms with van der Waals surface area (Å²) in [4.78, 5) is 11.8. The van der Waals surface area contributed by atoms with Crippen molar-refractivity contribution in [1.29, 1.82) is 0 Å². The lowest BCUT2D eigenvalue weighted by Crippen LogP contribution is -2.32. The van der Waals surface area contributed by atoms with Crippen LogP contribution in [-0.2, 0) is 9.53 Å². The third-order valence-corrected chi connectivity index (χ3v) is 1.33. The molecule has 0 aromatic carbocycles. The number of methoxy groups -OCH3 is 1. The second-order valence-electron chi connectivity index (χ2n) is 2.46. The monoisotopic (exact) mass is 191 g/mol. The predicted molar refractivity (Wildman–Crippen MR) is 52.8 cm³/mol. The number of ether oxygens (including phenoxy) is 1. The zero-order valence-corrected chi connectivity index (χ0v) is 8.99. The highest BCUT2D eigenvalue weighted by Gasteiger charge is 2.04. The Balaban J connectivity index is 0. The van der Waals surface area contributed by atoms with E-state index < -0.39 is 6.10 Å². The summed E-state index contributed by atoms with van der Waals surface area (Å²) in [5.74, 6) is 0. The number of rotatable bonds is 6. The molecule has 0 aromatic heterocycles. The summed E-state index contributed by atoms with van der Waals surface area (Å²) in [6, 6.07) is 0. The topological polar surface area (TPSA) is 49.8 Å². The van der Waals surface area contributed by atoms with Crippen LogP contribution >= 0.6 is 0 Å². The molecule has 0 rings (SSSR count). The molecule has 13 heavy (non-hydrogen) atoms. The van der Waals surface area contributed by atoms with Gasteiger partial charge in [0.15, 0.2) is 0 Å². The second kappa shape index (κ2) is 11.6. The van der Waals surface area contributed by atoms with Crippen LogP contribution in [0.25, 0.3) is 0 Å². The zero-order chi connectivity index (χ0) is 10.7. The van der Waals surface area contributed by atoms with Gasteiger partial charge in [-0.2, -0.15) is 0 Å². The molecule has 0 radical (unpaired) electrons. The van der Waals surface area contributed by atoms with Crippen molar-refractivity contribution in [2.24, 2.45) is 0 Å². The fourth-order valence-corrected chi connectivity index (χ4v) is 0.701. The van der Waals surface area contributed by atoms with Crippen molar-refractivity contribution in [2.75, 3.05) is 33.9 Å². The molecular weight excluding hydrogens is 170 g/mol. The van der Waals surface area contributed by atoms with Crippen LogP contribution in [0, 0.1) is 0 Å². The Labute approximate surface area is 80.5 Å². The Hall–Kier alpha value is -0.450. The van der Waals surface area contributed by atoms with Crippen LogP contribution in [-0.4, -0.2) is 56.3 Å². The minimum atomic E-state index is -0.878. The van der Waals surface area contributed by atoms with Gasteiger partial charge in [0.2, 0.25) is 0 Å². The number of hydrogen-bond donors (Lipinski definition) is 1. The summed E-state index contributed by atoms with van der Waals surface area (Å²) in [6.07, 6.45) is -0.347. The third kappa shape index (κ3) is 11.5. The van der Waals surface area contributed by atoms with Crippen molar-refractivity contribution in [3.05, 3.63) is 0 Å². The molecule has 1 atom stereocenters. The molecular formula is C9H21NO3. The van der Waals surface area contributed by atoms with Gasteiger partial charge in [0.25, 0.3) is 0 Å². The molecule has 0 saturated carbocycles.